The number of halogens is 3. The minimum absolute atomic E-state index is 0.218. The Bertz CT molecular complexity index is 1370. The van der Waals surface area contributed by atoms with E-state index in [0.717, 1.165) is 38.2 Å². The molecule has 0 unspecified atom stereocenters. The van der Waals surface area contributed by atoms with E-state index in [1.54, 1.807) is 6.33 Å². The highest BCUT2D eigenvalue weighted by Gasteiger charge is 2.41. The van der Waals surface area contributed by atoms with Gasteiger partial charge in [0.1, 0.15) is 24.2 Å². The van der Waals surface area contributed by atoms with Gasteiger partial charge in [-0.1, -0.05) is 63.4 Å². The molecule has 5 nitrogen and oxygen atoms in total. The van der Waals surface area contributed by atoms with Gasteiger partial charge in [0.25, 0.3) is 0 Å². The standard InChI is InChI=1S/C24H15BrCl2N4O/c25-15-5-1-13(2-6-15)22-20-21(30-24-28-12-29-31(22)24)18-11-17(27)9-10-19(18)32-23(20)14-3-7-16(26)8-4-14/h1-12,22-23H,(H,28,29,30)/t22-,23+/m0/s1. The van der Waals surface area contributed by atoms with Crippen LogP contribution in [0.15, 0.2) is 83.1 Å². The van der Waals surface area contributed by atoms with Gasteiger partial charge in [-0.15, -0.1) is 0 Å². The maximum Gasteiger partial charge on any atom is 0.226 e. The van der Waals surface area contributed by atoms with Crippen molar-refractivity contribution in [1.82, 2.24) is 14.8 Å². The summed E-state index contributed by atoms with van der Waals surface area (Å²) in [5.74, 6) is 1.42. The second kappa shape index (κ2) is 7.66. The van der Waals surface area contributed by atoms with Gasteiger partial charge in [-0.3, -0.25) is 0 Å². The Balaban J connectivity index is 1.63. The van der Waals surface area contributed by atoms with E-state index in [9.17, 15) is 0 Å². The molecule has 8 heteroatoms. The number of fused-ring (bicyclic) bond motifs is 3. The molecule has 2 atom stereocenters. The van der Waals surface area contributed by atoms with Crippen LogP contribution in [0.3, 0.4) is 0 Å². The number of benzene rings is 3. The normalized spacial score (nSPS) is 18.8. The third-order valence-corrected chi connectivity index (χ3v) is 6.75. The predicted molar refractivity (Wildman–Crippen MR) is 129 cm³/mol. The monoisotopic (exact) mass is 524 g/mol. The molecule has 0 amide bonds. The van der Waals surface area contributed by atoms with Crippen molar-refractivity contribution in [3.63, 3.8) is 0 Å². The number of hydrogen-bond acceptors (Lipinski definition) is 4. The molecule has 3 heterocycles. The number of hydrogen-bond donors (Lipinski definition) is 1. The molecule has 6 rings (SSSR count). The molecule has 1 N–H and O–H groups in total. The first-order chi connectivity index (χ1) is 15.6. The molecule has 0 saturated carbocycles. The van der Waals surface area contributed by atoms with Gasteiger partial charge in [-0.25, -0.2) is 4.68 Å². The van der Waals surface area contributed by atoms with Gasteiger partial charge in [0, 0.05) is 25.7 Å². The molecule has 0 saturated heterocycles. The molecule has 2 aliphatic rings. The topological polar surface area (TPSA) is 52.0 Å². The van der Waals surface area contributed by atoms with Crippen molar-refractivity contribution in [2.45, 2.75) is 12.1 Å². The summed E-state index contributed by atoms with van der Waals surface area (Å²) in [5, 5.41) is 9.33. The first kappa shape index (κ1) is 19.9. The first-order valence-electron chi connectivity index (χ1n) is 9.96. The lowest BCUT2D eigenvalue weighted by Gasteiger charge is -2.39. The molecule has 0 fully saturated rings. The highest BCUT2D eigenvalue weighted by Crippen LogP contribution is 2.51. The van der Waals surface area contributed by atoms with Crippen molar-refractivity contribution in [1.29, 1.82) is 0 Å². The summed E-state index contributed by atoms with van der Waals surface area (Å²) in [7, 11) is 0. The van der Waals surface area contributed by atoms with Gasteiger partial charge < -0.3 is 10.1 Å². The van der Waals surface area contributed by atoms with Crippen LogP contribution >= 0.6 is 39.1 Å². The number of aromatic nitrogens is 3. The average molecular weight is 526 g/mol. The quantitative estimate of drug-likeness (QED) is 0.309. The van der Waals surface area contributed by atoms with Gasteiger partial charge in [-0.2, -0.15) is 10.1 Å². The third kappa shape index (κ3) is 3.22. The molecule has 0 radical (unpaired) electrons. The van der Waals surface area contributed by atoms with Crippen LogP contribution < -0.4 is 10.1 Å². The van der Waals surface area contributed by atoms with E-state index in [2.05, 4.69) is 43.5 Å². The largest absolute Gasteiger partial charge is 0.480 e. The predicted octanol–water partition coefficient (Wildman–Crippen LogP) is 6.91. The Morgan fingerprint density at radius 3 is 2.41 bits per heavy atom. The van der Waals surface area contributed by atoms with Crippen molar-refractivity contribution >= 4 is 50.8 Å². The van der Waals surface area contributed by atoms with Crippen molar-refractivity contribution in [2.75, 3.05) is 5.32 Å². The Morgan fingerprint density at radius 2 is 1.62 bits per heavy atom. The van der Waals surface area contributed by atoms with E-state index in [1.807, 2.05) is 59.3 Å². The molecular formula is C24H15BrCl2N4O. The molecular weight excluding hydrogens is 511 g/mol. The summed E-state index contributed by atoms with van der Waals surface area (Å²) in [6.45, 7) is 0. The van der Waals surface area contributed by atoms with Crippen LogP contribution in [0.1, 0.15) is 28.8 Å². The molecule has 0 aliphatic carbocycles. The zero-order valence-corrected chi connectivity index (χ0v) is 19.6. The van der Waals surface area contributed by atoms with Gasteiger partial charge in [0.05, 0.1) is 5.70 Å². The molecule has 2 aliphatic heterocycles. The van der Waals surface area contributed by atoms with Crippen molar-refractivity contribution in [3.05, 3.63) is 110 Å². The third-order valence-electron chi connectivity index (χ3n) is 5.73. The van der Waals surface area contributed by atoms with Gasteiger partial charge in [0.15, 0.2) is 0 Å². The van der Waals surface area contributed by atoms with Crippen LogP contribution in [-0.2, 0) is 0 Å². The van der Waals surface area contributed by atoms with Crippen LogP contribution in [0, 0.1) is 0 Å². The molecule has 3 aromatic carbocycles. The second-order valence-corrected chi connectivity index (χ2v) is 9.42. The zero-order chi connectivity index (χ0) is 21.8. The summed E-state index contributed by atoms with van der Waals surface area (Å²) < 4.78 is 9.48. The Hall–Kier alpha value is -2.80. The Morgan fingerprint density at radius 1 is 0.906 bits per heavy atom. The van der Waals surface area contributed by atoms with Crippen molar-refractivity contribution in [3.8, 4) is 5.75 Å². The maximum absolute atomic E-state index is 6.58. The highest BCUT2D eigenvalue weighted by molar-refractivity contribution is 9.10. The number of anilines is 1. The fourth-order valence-electron chi connectivity index (χ4n) is 4.32. The fourth-order valence-corrected chi connectivity index (χ4v) is 4.88. The minimum Gasteiger partial charge on any atom is -0.480 e. The van der Waals surface area contributed by atoms with Gasteiger partial charge in [0.2, 0.25) is 5.95 Å². The highest BCUT2D eigenvalue weighted by atomic mass is 79.9. The molecule has 1 aromatic heterocycles. The molecule has 32 heavy (non-hydrogen) atoms. The Labute approximate surface area is 202 Å². The number of ether oxygens (including phenoxy) is 1. The number of nitrogens with one attached hydrogen (secondary N) is 1. The van der Waals surface area contributed by atoms with E-state index in [1.165, 1.54) is 0 Å². The van der Waals surface area contributed by atoms with Crippen LogP contribution in [0.25, 0.3) is 5.70 Å². The van der Waals surface area contributed by atoms with Crippen LogP contribution in [-0.4, -0.2) is 14.8 Å². The lowest BCUT2D eigenvalue weighted by molar-refractivity contribution is 0.223. The smallest absolute Gasteiger partial charge is 0.226 e. The van der Waals surface area contributed by atoms with E-state index in [-0.39, 0.29) is 12.1 Å². The molecule has 158 valence electrons. The Kier molecular flexibility index (Phi) is 4.75. The average Bonchev–Trinajstić information content (AvgIpc) is 3.27. The van der Waals surface area contributed by atoms with Crippen LogP contribution in [0.5, 0.6) is 5.75 Å². The van der Waals surface area contributed by atoms with Gasteiger partial charge in [-0.05, 0) is 53.6 Å². The van der Waals surface area contributed by atoms with Crippen LogP contribution in [0.4, 0.5) is 5.95 Å². The van der Waals surface area contributed by atoms with Gasteiger partial charge >= 0.3 is 0 Å². The molecule has 4 aromatic rings. The molecule has 0 bridgehead atoms. The molecule has 0 spiro atoms. The summed E-state index contributed by atoms with van der Waals surface area (Å²) in [4.78, 5) is 4.45. The second-order valence-electron chi connectivity index (χ2n) is 7.63. The maximum atomic E-state index is 6.58. The number of nitrogens with zero attached hydrogens (tertiary/aromatic N) is 3. The minimum atomic E-state index is -0.352. The summed E-state index contributed by atoms with van der Waals surface area (Å²) in [5.41, 5.74) is 4.93. The summed E-state index contributed by atoms with van der Waals surface area (Å²) in [6, 6.07) is 21.4. The van der Waals surface area contributed by atoms with Crippen molar-refractivity contribution < 1.29 is 4.74 Å². The van der Waals surface area contributed by atoms with Crippen LogP contribution in [0.2, 0.25) is 10.0 Å². The first-order valence-corrected chi connectivity index (χ1v) is 11.5. The SMILES string of the molecule is Clc1ccc([C@H]2Oc3ccc(Cl)cc3C3=C2[C@H](c2ccc(Br)cc2)n2ncnc2N3)cc1. The van der Waals surface area contributed by atoms with E-state index in [0.29, 0.717) is 16.0 Å². The lowest BCUT2D eigenvalue weighted by atomic mass is 9.84. The summed E-state index contributed by atoms with van der Waals surface area (Å²) in [6.07, 6.45) is 1.21. The fraction of sp³-hybridized carbons (Fsp3) is 0.0833. The van der Waals surface area contributed by atoms with E-state index >= 15 is 0 Å². The summed E-state index contributed by atoms with van der Waals surface area (Å²) >= 11 is 16.1. The van der Waals surface area contributed by atoms with E-state index < -0.39 is 0 Å². The zero-order valence-electron chi connectivity index (χ0n) is 16.5. The number of rotatable bonds is 2. The van der Waals surface area contributed by atoms with Crippen molar-refractivity contribution in [2.24, 2.45) is 0 Å². The lowest BCUT2D eigenvalue weighted by Crippen LogP contribution is -2.32. The van der Waals surface area contributed by atoms with E-state index in [4.69, 9.17) is 27.9 Å².